The van der Waals surface area contributed by atoms with Crippen molar-refractivity contribution < 1.29 is 4.42 Å². The van der Waals surface area contributed by atoms with E-state index in [0.717, 1.165) is 28.9 Å². The van der Waals surface area contributed by atoms with E-state index in [1.54, 1.807) is 0 Å². The van der Waals surface area contributed by atoms with E-state index >= 15 is 0 Å². The average Bonchev–Trinajstić information content (AvgIpc) is 2.74. The van der Waals surface area contributed by atoms with E-state index in [4.69, 9.17) is 4.42 Å². The van der Waals surface area contributed by atoms with Gasteiger partial charge in [-0.25, -0.2) is 0 Å². The van der Waals surface area contributed by atoms with Gasteiger partial charge in [0, 0.05) is 15.4 Å². The van der Waals surface area contributed by atoms with Crippen molar-refractivity contribution >= 4 is 26.9 Å². The van der Waals surface area contributed by atoms with Gasteiger partial charge in [-0.15, -0.1) is 0 Å². The van der Waals surface area contributed by atoms with Crippen molar-refractivity contribution in [3.63, 3.8) is 0 Å². The van der Waals surface area contributed by atoms with E-state index in [-0.39, 0.29) is 5.41 Å². The van der Waals surface area contributed by atoms with Gasteiger partial charge < -0.3 is 9.73 Å². The van der Waals surface area contributed by atoms with Crippen molar-refractivity contribution in [3.8, 4) is 0 Å². The second-order valence-electron chi connectivity index (χ2n) is 7.24. The lowest BCUT2D eigenvalue weighted by molar-refractivity contribution is 0.464. The Morgan fingerprint density at radius 3 is 2.48 bits per heavy atom. The maximum atomic E-state index is 6.23. The Balaban J connectivity index is 2.54. The number of fused-ring (bicyclic) bond motifs is 1. The van der Waals surface area contributed by atoms with E-state index in [0.29, 0.717) is 5.92 Å². The van der Waals surface area contributed by atoms with Gasteiger partial charge in [-0.2, -0.15) is 0 Å². The van der Waals surface area contributed by atoms with Crippen LogP contribution in [0.2, 0.25) is 0 Å². The molecule has 2 nitrogen and oxygen atoms in total. The van der Waals surface area contributed by atoms with Crippen molar-refractivity contribution in [1.29, 1.82) is 0 Å². The highest BCUT2D eigenvalue weighted by molar-refractivity contribution is 9.10. The van der Waals surface area contributed by atoms with Crippen LogP contribution < -0.4 is 5.32 Å². The van der Waals surface area contributed by atoms with Gasteiger partial charge in [0.25, 0.3) is 0 Å². The fraction of sp³-hybridized carbons (Fsp3) is 0.556. The highest BCUT2D eigenvalue weighted by atomic mass is 79.9. The predicted molar refractivity (Wildman–Crippen MR) is 93.9 cm³/mol. The summed E-state index contributed by atoms with van der Waals surface area (Å²) in [5.41, 5.74) is 3.56. The van der Waals surface area contributed by atoms with Crippen LogP contribution in [0.25, 0.3) is 11.0 Å². The number of rotatable bonds is 4. The van der Waals surface area contributed by atoms with Crippen LogP contribution in [-0.2, 0) is 12.0 Å². The standard InChI is InChI=1S/C18H26BrNO/c1-11(2)9-20-10-14-16(18(4,5)6)15-13(19)8-7-12(3)17(15)21-14/h7-8,11,20H,9-10H2,1-6H3. The van der Waals surface area contributed by atoms with E-state index in [1.807, 2.05) is 0 Å². The molecule has 1 N–H and O–H groups in total. The van der Waals surface area contributed by atoms with Gasteiger partial charge in [0.05, 0.1) is 6.54 Å². The topological polar surface area (TPSA) is 25.2 Å². The lowest BCUT2D eigenvalue weighted by atomic mass is 9.84. The SMILES string of the molecule is Cc1ccc(Br)c2c(C(C)(C)C)c(CNCC(C)C)oc12. The Kier molecular flexibility index (Phi) is 4.84. The first kappa shape index (κ1) is 16.6. The average molecular weight is 352 g/mol. The summed E-state index contributed by atoms with van der Waals surface area (Å²) in [4.78, 5) is 0. The zero-order chi connectivity index (χ0) is 15.8. The van der Waals surface area contributed by atoms with Gasteiger partial charge in [0.2, 0.25) is 0 Å². The summed E-state index contributed by atoms with van der Waals surface area (Å²) < 4.78 is 7.34. The monoisotopic (exact) mass is 351 g/mol. The molecule has 0 saturated carbocycles. The van der Waals surface area contributed by atoms with Crippen LogP contribution in [0.1, 0.15) is 51.5 Å². The normalized spacial score (nSPS) is 12.6. The molecule has 0 unspecified atom stereocenters. The molecule has 0 fully saturated rings. The molecule has 2 aromatic rings. The van der Waals surface area contributed by atoms with Crippen LogP contribution in [0, 0.1) is 12.8 Å². The molecule has 0 amide bonds. The molecule has 0 aliphatic rings. The van der Waals surface area contributed by atoms with E-state index in [9.17, 15) is 0 Å². The first-order valence-corrected chi connectivity index (χ1v) is 8.42. The zero-order valence-corrected chi connectivity index (χ0v) is 15.5. The van der Waals surface area contributed by atoms with Crippen LogP contribution in [0.4, 0.5) is 0 Å². The second kappa shape index (κ2) is 6.13. The minimum absolute atomic E-state index is 0.0520. The van der Waals surface area contributed by atoms with Gasteiger partial charge in [0.1, 0.15) is 11.3 Å². The van der Waals surface area contributed by atoms with E-state index in [2.05, 4.69) is 74.9 Å². The molecule has 0 saturated heterocycles. The van der Waals surface area contributed by atoms with Crippen molar-refractivity contribution in [2.24, 2.45) is 5.92 Å². The molecular weight excluding hydrogens is 326 g/mol. The highest BCUT2D eigenvalue weighted by Gasteiger charge is 2.27. The molecule has 2 rings (SSSR count). The first-order valence-electron chi connectivity index (χ1n) is 7.63. The maximum absolute atomic E-state index is 6.23. The summed E-state index contributed by atoms with van der Waals surface area (Å²) in [6, 6.07) is 4.22. The quantitative estimate of drug-likeness (QED) is 0.781. The van der Waals surface area contributed by atoms with Crippen LogP contribution in [0.15, 0.2) is 21.0 Å². The number of hydrogen-bond acceptors (Lipinski definition) is 2. The molecule has 3 heteroatoms. The van der Waals surface area contributed by atoms with Gasteiger partial charge in [-0.05, 0) is 36.4 Å². The number of halogens is 1. The van der Waals surface area contributed by atoms with E-state index in [1.165, 1.54) is 16.5 Å². The number of furan rings is 1. The van der Waals surface area contributed by atoms with Crippen LogP contribution in [0.5, 0.6) is 0 Å². The summed E-state index contributed by atoms with van der Waals surface area (Å²) in [5, 5.41) is 4.73. The fourth-order valence-electron chi connectivity index (χ4n) is 2.73. The number of nitrogens with one attached hydrogen (secondary N) is 1. The summed E-state index contributed by atoms with van der Waals surface area (Å²) >= 11 is 3.70. The third-order valence-electron chi connectivity index (χ3n) is 3.65. The van der Waals surface area contributed by atoms with Crippen LogP contribution >= 0.6 is 15.9 Å². The highest BCUT2D eigenvalue weighted by Crippen LogP contribution is 2.40. The zero-order valence-electron chi connectivity index (χ0n) is 13.9. The summed E-state index contributed by atoms with van der Waals surface area (Å²) in [6.07, 6.45) is 0. The molecule has 1 aromatic carbocycles. The first-order chi connectivity index (χ1) is 9.71. The Hall–Kier alpha value is -0.800. The third kappa shape index (κ3) is 3.51. The number of benzene rings is 1. The molecule has 1 aromatic heterocycles. The van der Waals surface area contributed by atoms with Gasteiger partial charge >= 0.3 is 0 Å². The van der Waals surface area contributed by atoms with E-state index < -0.39 is 0 Å². The van der Waals surface area contributed by atoms with Crippen LogP contribution in [-0.4, -0.2) is 6.54 Å². The summed E-state index contributed by atoms with van der Waals surface area (Å²) in [7, 11) is 0. The second-order valence-corrected chi connectivity index (χ2v) is 8.10. The minimum atomic E-state index is 0.0520. The molecule has 0 aliphatic carbocycles. The lowest BCUT2D eigenvalue weighted by Crippen LogP contribution is -2.21. The van der Waals surface area contributed by atoms with Gasteiger partial charge in [0.15, 0.2) is 0 Å². The van der Waals surface area contributed by atoms with Crippen molar-refractivity contribution in [2.75, 3.05) is 6.54 Å². The van der Waals surface area contributed by atoms with Gasteiger partial charge in [-0.1, -0.05) is 56.6 Å². The minimum Gasteiger partial charge on any atom is -0.459 e. The Morgan fingerprint density at radius 2 is 1.90 bits per heavy atom. The largest absolute Gasteiger partial charge is 0.459 e. The number of hydrogen-bond donors (Lipinski definition) is 1. The van der Waals surface area contributed by atoms with Crippen LogP contribution in [0.3, 0.4) is 0 Å². The smallest absolute Gasteiger partial charge is 0.138 e. The molecular formula is C18H26BrNO. The van der Waals surface area contributed by atoms with Crippen molar-refractivity contribution in [2.45, 2.75) is 53.5 Å². The Bertz CT molecular complexity index is 635. The molecule has 0 atom stereocenters. The molecule has 21 heavy (non-hydrogen) atoms. The predicted octanol–water partition coefficient (Wildman–Crippen LogP) is 5.55. The Labute approximate surface area is 136 Å². The molecule has 0 bridgehead atoms. The molecule has 1 heterocycles. The van der Waals surface area contributed by atoms with Gasteiger partial charge in [-0.3, -0.25) is 0 Å². The lowest BCUT2D eigenvalue weighted by Gasteiger charge is -2.20. The van der Waals surface area contributed by atoms with Crippen molar-refractivity contribution in [3.05, 3.63) is 33.5 Å². The molecule has 0 spiro atoms. The summed E-state index contributed by atoms with van der Waals surface area (Å²) in [5.74, 6) is 1.70. The Morgan fingerprint density at radius 1 is 1.24 bits per heavy atom. The number of aryl methyl sites for hydroxylation is 1. The summed E-state index contributed by atoms with van der Waals surface area (Å²) in [6.45, 7) is 15.1. The fourth-order valence-corrected chi connectivity index (χ4v) is 3.24. The third-order valence-corrected chi connectivity index (χ3v) is 4.31. The van der Waals surface area contributed by atoms with Crippen molar-refractivity contribution in [1.82, 2.24) is 5.32 Å². The molecule has 0 radical (unpaired) electrons. The molecule has 116 valence electrons. The molecule has 0 aliphatic heterocycles. The maximum Gasteiger partial charge on any atom is 0.138 e.